The Morgan fingerprint density at radius 2 is 0.588 bits per heavy atom. The van der Waals surface area contributed by atoms with E-state index in [0.29, 0.717) is 132 Å². The summed E-state index contributed by atoms with van der Waals surface area (Å²) in [5, 5.41) is 0. The van der Waals surface area contributed by atoms with E-state index in [9.17, 15) is 52.7 Å². The van der Waals surface area contributed by atoms with Crippen molar-refractivity contribution >= 4 is 71.3 Å². The lowest BCUT2D eigenvalue weighted by atomic mass is 10.3. The van der Waals surface area contributed by atoms with Crippen LogP contribution in [0.15, 0.2) is 192 Å². The third kappa shape index (κ3) is 71.3. The number of benzene rings is 1. The van der Waals surface area contributed by atoms with Crippen molar-refractivity contribution in [2.24, 2.45) is 0 Å². The van der Waals surface area contributed by atoms with Gasteiger partial charge in [0.25, 0.3) is 0 Å². The first-order valence-electron chi connectivity index (χ1n) is 39.1. The lowest BCUT2D eigenvalue weighted by Gasteiger charge is -2.34. The minimum absolute atomic E-state index is 0.147. The van der Waals surface area contributed by atoms with Crippen LogP contribution in [0.4, 0.5) is 5.69 Å². The average Bonchev–Trinajstić information content (AvgIpc) is 0.893. The van der Waals surface area contributed by atoms with Gasteiger partial charge >= 0.3 is 65.7 Å². The zero-order chi connectivity index (χ0) is 90.6. The van der Waals surface area contributed by atoms with Gasteiger partial charge in [-0.15, -0.1) is 13.2 Å². The lowest BCUT2D eigenvalue weighted by molar-refractivity contribution is -0.142. The molecule has 1 aromatic rings. The molecule has 2 rings (SSSR count). The fourth-order valence-corrected chi connectivity index (χ4v) is 8.59. The number of para-hydroxylation sites is 1. The Bertz CT molecular complexity index is 3100. The second kappa shape index (κ2) is 77.4. The third-order valence-corrected chi connectivity index (χ3v) is 15.5. The molecule has 1 aliphatic rings. The van der Waals surface area contributed by atoms with Gasteiger partial charge in [0.1, 0.15) is 72.7 Å². The van der Waals surface area contributed by atoms with E-state index in [1.165, 1.54) is 12.8 Å². The molecule has 0 aromatic heterocycles. The van der Waals surface area contributed by atoms with E-state index in [-0.39, 0.29) is 58.2 Å². The van der Waals surface area contributed by atoms with Crippen LogP contribution in [-0.2, 0) is 114 Å². The Morgan fingerprint density at radius 1 is 0.336 bits per heavy atom. The smallest absolute Gasteiger partial charge is 0.333 e. The molecule has 31 heteroatoms. The van der Waals surface area contributed by atoms with E-state index in [4.69, 9.17) is 61.6 Å². The Labute approximate surface area is 707 Å². The van der Waals surface area contributed by atoms with Gasteiger partial charge in [0.2, 0.25) is 0 Å². The third-order valence-electron chi connectivity index (χ3n) is 15.5. The van der Waals surface area contributed by atoms with Crippen LogP contribution in [0.1, 0.15) is 68.2 Å². The summed E-state index contributed by atoms with van der Waals surface area (Å²) >= 11 is 0. The van der Waals surface area contributed by atoms with Crippen LogP contribution in [0.25, 0.3) is 0 Å². The van der Waals surface area contributed by atoms with E-state index in [0.717, 1.165) is 115 Å². The van der Waals surface area contributed by atoms with Crippen molar-refractivity contribution in [2.75, 3.05) is 235 Å². The summed E-state index contributed by atoms with van der Waals surface area (Å²) in [5.41, 5.74) is 3.21. The molecular weight excluding hydrogens is 1540 g/mol. The number of rotatable bonds is 59. The summed E-state index contributed by atoms with van der Waals surface area (Å²) < 4.78 is 65.5. The average molecular weight is 1680 g/mol. The fraction of sp³-hybridized carbons (Fsp3) is 0.511. The highest BCUT2D eigenvalue weighted by atomic mass is 16.6. The molecule has 0 spiro atoms. The number of piperazine rings is 1. The van der Waals surface area contributed by atoms with Crippen LogP contribution in [0.3, 0.4) is 0 Å². The number of esters is 11. The normalized spacial score (nSPS) is 11.1. The molecule has 0 atom stereocenters. The van der Waals surface area contributed by atoms with E-state index in [2.05, 4.69) is 107 Å². The first-order valence-corrected chi connectivity index (χ1v) is 39.1. The van der Waals surface area contributed by atoms with Crippen LogP contribution in [0, 0.1) is 0 Å². The highest BCUT2D eigenvalue weighted by Crippen LogP contribution is 2.13. The maximum Gasteiger partial charge on any atom is 0.333 e. The molecule has 1 saturated heterocycles. The second-order valence-electron chi connectivity index (χ2n) is 25.9. The molecule has 1 heterocycles. The molecule has 0 amide bonds. The summed E-state index contributed by atoms with van der Waals surface area (Å²) in [7, 11) is 1.85. The minimum Gasteiger partial charge on any atom is -0.461 e. The molecule has 0 bridgehead atoms. The van der Waals surface area contributed by atoms with Crippen LogP contribution in [-0.4, -0.2) is 326 Å². The van der Waals surface area contributed by atoms with E-state index in [1.807, 2.05) is 63.9 Å². The number of nitrogens with zero attached hydrogens (tertiary/aromatic N) is 7. The predicted molar refractivity (Wildman–Crippen MR) is 461 cm³/mol. The highest BCUT2D eigenvalue weighted by molar-refractivity contribution is 5.89. The molecule has 0 unspecified atom stereocenters. The Kier molecular flexibility index (Phi) is 74.7. The SMILES string of the molecule is C=C(C)C(=O)OCCN(C)CCOC(=O)C(=C)C.C=C(C)C(=O)OCCN1CCN(CCOC(=O)C(=C)C)CC1.C=CC(=O)OCCN(CC)CCOC(=O)C=C.C=CC(=O)OCCN(CCOC(=O)C(=C)C)CCOC(=O)C(=C)C.C=CC(=O)OCCN(CCOC(=O)C=C)c1ccccc1.C=CCOCCN(CCCC)CCOCC=C. The number of unbranched alkanes of at least 4 members (excludes halogenated alkanes) is 1. The van der Waals surface area contributed by atoms with Crippen LogP contribution in [0.2, 0.25) is 0 Å². The summed E-state index contributed by atoms with van der Waals surface area (Å²) in [6, 6.07) is 9.61. The molecule has 1 aliphatic heterocycles. The Hall–Kier alpha value is -10.5. The largest absolute Gasteiger partial charge is 0.461 e. The van der Waals surface area contributed by atoms with Gasteiger partial charge in [-0.2, -0.15) is 0 Å². The number of hydrogen-bond donors (Lipinski definition) is 0. The Morgan fingerprint density at radius 3 is 0.857 bits per heavy atom. The van der Waals surface area contributed by atoms with Gasteiger partial charge in [-0.25, -0.2) is 52.7 Å². The standard InChI is InChI=1S/C17H25NO6.C16H26N2O4.C16H19NO4.C14H27NO2.C13H21NO4.C12H19NO4/c1-6-15(19)22-10-7-18(8-11-23-16(20)13(2)3)9-12-24-17(21)14(4)5;1-13(2)15(19)21-11-9-17-5-7-18(8-6-17)10-12-22-16(20)14(3)4;1-3-15(18)20-12-10-17(11-13-21-16(19)4-2)14-8-6-5-7-9-14;1-4-7-8-15(9-13-16-11-5-2)10-14-17-12-6-3;1-10(2)12(15)17-8-6-14(5)7-9-18-13(16)11(3)4;1-4-11(14)16-9-7-13(6-3)8-10-17-12(15)5-2/h6H,1-2,4,7-12H2,3,5H3;1,3,5-12H2,2,4H3;3-9H,1-2,10-13H2;5-6H,2-4,7-14H2,1H3;1,3,6-9H2,2,4-5H3;4-5H,1-2,6-10H2,3H3. The quantitative estimate of drug-likeness (QED) is 0.0194. The van der Waals surface area contributed by atoms with Crippen molar-refractivity contribution in [1.82, 2.24) is 29.4 Å². The van der Waals surface area contributed by atoms with Crippen molar-refractivity contribution in [3.8, 4) is 0 Å². The summed E-state index contributed by atoms with van der Waals surface area (Å²) in [4.78, 5) is 137. The topological polar surface area (TPSA) is 330 Å². The molecule has 1 fully saturated rings. The van der Waals surface area contributed by atoms with Crippen LogP contribution < -0.4 is 4.90 Å². The van der Waals surface area contributed by atoms with Gasteiger partial charge in [0.05, 0.1) is 39.5 Å². The second-order valence-corrected chi connectivity index (χ2v) is 25.9. The van der Waals surface area contributed by atoms with Gasteiger partial charge in [-0.05, 0) is 80.2 Å². The van der Waals surface area contributed by atoms with Gasteiger partial charge in [0, 0.05) is 168 Å². The number of hydrogen-bond acceptors (Lipinski definition) is 31. The molecule has 31 nitrogen and oxygen atoms in total. The molecule has 0 N–H and O–H groups in total. The number of anilines is 1. The zero-order valence-corrected chi connectivity index (χ0v) is 72.5. The molecular formula is C88H137N7O24. The molecule has 0 radical (unpaired) electrons. The summed E-state index contributed by atoms with van der Waals surface area (Å²) in [5.74, 6) is -4.69. The van der Waals surface area contributed by atoms with Gasteiger partial charge in [-0.3, -0.25) is 29.4 Å². The number of ether oxygens (including phenoxy) is 13. The first kappa shape index (κ1) is 115. The van der Waals surface area contributed by atoms with Crippen LogP contribution in [0.5, 0.6) is 0 Å². The molecule has 0 aliphatic carbocycles. The lowest BCUT2D eigenvalue weighted by Crippen LogP contribution is -2.48. The fourth-order valence-electron chi connectivity index (χ4n) is 8.59. The van der Waals surface area contributed by atoms with Crippen molar-refractivity contribution < 1.29 is 114 Å². The summed E-state index contributed by atoms with van der Waals surface area (Å²) in [6.45, 7) is 77.8. The van der Waals surface area contributed by atoms with E-state index in [1.54, 1.807) is 53.7 Å². The van der Waals surface area contributed by atoms with Crippen molar-refractivity contribution in [1.29, 1.82) is 0 Å². The molecule has 0 saturated carbocycles. The van der Waals surface area contributed by atoms with Gasteiger partial charge < -0.3 is 66.5 Å². The number of likely N-dealkylation sites (N-methyl/N-ethyl adjacent to an activating group) is 2. The van der Waals surface area contributed by atoms with E-state index >= 15 is 0 Å². The maximum atomic E-state index is 11.3. The monoisotopic (exact) mass is 1680 g/mol. The highest BCUT2D eigenvalue weighted by Gasteiger charge is 2.19. The summed E-state index contributed by atoms with van der Waals surface area (Å²) in [6.07, 6.45) is 11.6. The predicted octanol–water partition coefficient (Wildman–Crippen LogP) is 8.47. The first-order chi connectivity index (χ1) is 56.7. The van der Waals surface area contributed by atoms with E-state index < -0.39 is 53.7 Å². The zero-order valence-electron chi connectivity index (χ0n) is 72.5. The van der Waals surface area contributed by atoms with Gasteiger partial charge in [-0.1, -0.05) is 123 Å². The van der Waals surface area contributed by atoms with Crippen molar-refractivity contribution in [3.63, 3.8) is 0 Å². The Balaban J connectivity index is -0.000000670. The van der Waals surface area contributed by atoms with Crippen molar-refractivity contribution in [2.45, 2.75) is 68.2 Å². The number of carbonyl (C=O) groups excluding carboxylic acids is 11. The van der Waals surface area contributed by atoms with Crippen molar-refractivity contribution in [3.05, 3.63) is 192 Å². The maximum absolute atomic E-state index is 11.3. The number of carbonyl (C=O) groups is 11. The van der Waals surface area contributed by atoms with Crippen LogP contribution >= 0.6 is 0 Å². The van der Waals surface area contributed by atoms with Gasteiger partial charge in [0.15, 0.2) is 0 Å². The minimum atomic E-state index is -0.516. The molecule has 1 aromatic carbocycles. The molecule has 119 heavy (non-hydrogen) atoms. The molecule has 668 valence electrons.